The van der Waals surface area contributed by atoms with Gasteiger partial charge in [-0.2, -0.15) is 8.78 Å². The summed E-state index contributed by atoms with van der Waals surface area (Å²) in [5.41, 5.74) is 3.60. The van der Waals surface area contributed by atoms with Crippen LogP contribution in [-0.2, 0) is 4.79 Å². The molecule has 0 aliphatic heterocycles. The molecule has 2 fully saturated rings. The van der Waals surface area contributed by atoms with Gasteiger partial charge in [-0.3, -0.25) is 4.79 Å². The molecule has 180 valence electrons. The third-order valence-electron chi connectivity index (χ3n) is 9.44. The van der Waals surface area contributed by atoms with Crippen molar-refractivity contribution < 1.29 is 18.7 Å². The van der Waals surface area contributed by atoms with Crippen LogP contribution in [0.25, 0.3) is 5.57 Å². The van der Waals surface area contributed by atoms with Gasteiger partial charge in [-0.05, 0) is 91.5 Å². The van der Waals surface area contributed by atoms with E-state index in [1.807, 2.05) is 50.2 Å². The van der Waals surface area contributed by atoms with Crippen molar-refractivity contribution in [2.24, 2.45) is 17.3 Å². The number of Topliss-reactive ketones (excluding diaryl/α,β-unsaturated/α-hetero) is 1. The van der Waals surface area contributed by atoms with Crippen LogP contribution < -0.4 is 4.90 Å². The molecule has 1 aromatic rings. The standard InChI is InChI=1S/C29H33F2NO2/c1-5-29(30,31)28(34)17-15-24-22-10-11-23-20(21(22)14-16-27(24,28)2)12-13-25(33)26(23)18-6-8-19(9-7-18)32(3)4/h1,6-9,22,24,34H,10-17H2,2-4H3/t22-,24+,27+,28+/m1/s1. The summed E-state index contributed by atoms with van der Waals surface area (Å²) in [6.45, 7) is 1.82. The highest BCUT2D eigenvalue weighted by Crippen LogP contribution is 2.66. The predicted octanol–water partition coefficient (Wildman–Crippen LogP) is 5.79. The Balaban J connectivity index is 1.55. The number of terminal acetylenes is 1. The molecule has 5 heteroatoms. The highest BCUT2D eigenvalue weighted by Gasteiger charge is 2.69. The summed E-state index contributed by atoms with van der Waals surface area (Å²) in [4.78, 5) is 15.1. The molecule has 0 heterocycles. The number of ketones is 1. The first-order valence-corrected chi connectivity index (χ1v) is 12.4. The van der Waals surface area contributed by atoms with E-state index in [1.54, 1.807) is 5.92 Å². The number of halogens is 2. The van der Waals surface area contributed by atoms with Crippen LogP contribution in [0, 0.1) is 29.6 Å². The maximum absolute atomic E-state index is 14.8. The average molecular weight is 466 g/mol. The zero-order valence-electron chi connectivity index (χ0n) is 20.3. The fraction of sp³-hybridized carbons (Fsp3) is 0.552. The van der Waals surface area contributed by atoms with Crippen LogP contribution in [0.4, 0.5) is 14.5 Å². The highest BCUT2D eigenvalue weighted by atomic mass is 19.3. The number of nitrogens with zero attached hydrogens (tertiary/aromatic N) is 1. The topological polar surface area (TPSA) is 40.5 Å². The Labute approximate surface area is 200 Å². The number of fused-ring (bicyclic) bond motifs is 4. The van der Waals surface area contributed by atoms with Crippen LogP contribution in [0.3, 0.4) is 0 Å². The number of rotatable bonds is 3. The summed E-state index contributed by atoms with van der Waals surface area (Å²) >= 11 is 0. The number of carbonyl (C=O) groups excluding carboxylic acids is 1. The van der Waals surface area contributed by atoms with E-state index in [9.17, 15) is 18.7 Å². The number of hydrogen-bond donors (Lipinski definition) is 1. The smallest absolute Gasteiger partial charge is 0.336 e. The van der Waals surface area contributed by atoms with E-state index in [0.29, 0.717) is 25.7 Å². The Morgan fingerprint density at radius 3 is 2.41 bits per heavy atom. The van der Waals surface area contributed by atoms with E-state index >= 15 is 0 Å². The van der Waals surface area contributed by atoms with Gasteiger partial charge in [0.2, 0.25) is 0 Å². The van der Waals surface area contributed by atoms with Gasteiger partial charge in [0.1, 0.15) is 5.60 Å². The minimum Gasteiger partial charge on any atom is -0.382 e. The van der Waals surface area contributed by atoms with Gasteiger partial charge in [0.25, 0.3) is 0 Å². The van der Waals surface area contributed by atoms with Crippen LogP contribution >= 0.6 is 0 Å². The van der Waals surface area contributed by atoms with Crippen molar-refractivity contribution in [3.05, 3.63) is 46.5 Å². The fourth-order valence-corrected chi connectivity index (χ4v) is 7.55. The van der Waals surface area contributed by atoms with Crippen LogP contribution in [0.15, 0.2) is 41.0 Å². The van der Waals surface area contributed by atoms with Crippen LogP contribution in [0.5, 0.6) is 0 Å². The molecule has 4 atom stereocenters. The molecule has 0 amide bonds. The molecule has 5 rings (SSSR count). The van der Waals surface area contributed by atoms with E-state index in [1.165, 1.54) is 11.1 Å². The lowest BCUT2D eigenvalue weighted by molar-refractivity contribution is -0.207. The monoisotopic (exact) mass is 465 g/mol. The fourth-order valence-electron chi connectivity index (χ4n) is 7.55. The molecule has 1 N–H and O–H groups in total. The largest absolute Gasteiger partial charge is 0.382 e. The molecule has 2 saturated carbocycles. The molecule has 3 nitrogen and oxygen atoms in total. The molecule has 0 saturated heterocycles. The Morgan fingerprint density at radius 2 is 1.76 bits per heavy atom. The SMILES string of the molecule is C#CC(F)(F)[C@]1(O)CC[C@H]2[C@@H]3CCC4=C(c5ccc(N(C)C)cc5)C(=O)CCC4=C3CC[C@@]21C. The maximum Gasteiger partial charge on any atom is 0.336 e. The molecule has 4 aliphatic carbocycles. The zero-order chi connectivity index (χ0) is 24.5. The zero-order valence-corrected chi connectivity index (χ0v) is 20.3. The third kappa shape index (κ3) is 3.07. The van der Waals surface area contributed by atoms with Gasteiger partial charge in [-0.15, -0.1) is 6.42 Å². The predicted molar refractivity (Wildman–Crippen MR) is 130 cm³/mol. The Kier molecular flexibility index (Phi) is 5.33. The van der Waals surface area contributed by atoms with Crippen LogP contribution in [0.2, 0.25) is 0 Å². The molecule has 0 radical (unpaired) electrons. The summed E-state index contributed by atoms with van der Waals surface area (Å²) in [7, 11) is 3.99. The number of carbonyl (C=O) groups is 1. The molecule has 0 bridgehead atoms. The summed E-state index contributed by atoms with van der Waals surface area (Å²) in [5.74, 6) is -1.59. The van der Waals surface area contributed by atoms with E-state index in [4.69, 9.17) is 6.42 Å². The second-order valence-corrected chi connectivity index (χ2v) is 11.0. The highest BCUT2D eigenvalue weighted by molar-refractivity contribution is 6.23. The first-order chi connectivity index (χ1) is 16.0. The molecule has 1 aromatic carbocycles. The molecule has 34 heavy (non-hydrogen) atoms. The summed E-state index contributed by atoms with van der Waals surface area (Å²) in [6.07, 6.45) is 9.76. The normalized spacial score (nSPS) is 33.3. The minimum atomic E-state index is -3.54. The van der Waals surface area contributed by atoms with Crippen LogP contribution in [0.1, 0.15) is 63.9 Å². The lowest BCUT2D eigenvalue weighted by Crippen LogP contribution is -2.59. The first-order valence-electron chi connectivity index (χ1n) is 12.4. The van der Waals surface area contributed by atoms with Crippen molar-refractivity contribution in [2.75, 3.05) is 19.0 Å². The van der Waals surface area contributed by atoms with Gasteiger partial charge in [0, 0.05) is 37.2 Å². The maximum atomic E-state index is 14.8. The minimum absolute atomic E-state index is 0.0185. The van der Waals surface area contributed by atoms with E-state index < -0.39 is 16.9 Å². The Morgan fingerprint density at radius 1 is 1.06 bits per heavy atom. The number of hydrogen-bond acceptors (Lipinski definition) is 3. The van der Waals surface area contributed by atoms with Gasteiger partial charge in [-0.25, -0.2) is 0 Å². The van der Waals surface area contributed by atoms with Gasteiger partial charge in [-0.1, -0.05) is 24.6 Å². The molecular formula is C29H33F2NO2. The number of benzene rings is 1. The number of aliphatic hydroxyl groups is 1. The van der Waals surface area contributed by atoms with Crippen molar-refractivity contribution in [2.45, 2.75) is 69.8 Å². The lowest BCUT2D eigenvalue weighted by atomic mass is 9.54. The number of anilines is 1. The summed E-state index contributed by atoms with van der Waals surface area (Å²) < 4.78 is 29.5. The molecule has 4 aliphatic rings. The van der Waals surface area contributed by atoms with E-state index in [-0.39, 0.29) is 24.0 Å². The Hall–Kier alpha value is -2.45. The van der Waals surface area contributed by atoms with Crippen molar-refractivity contribution in [1.29, 1.82) is 0 Å². The second-order valence-electron chi connectivity index (χ2n) is 11.0. The van der Waals surface area contributed by atoms with Crippen molar-refractivity contribution >= 4 is 17.0 Å². The number of alkyl halides is 2. The first kappa shape index (κ1) is 23.3. The van der Waals surface area contributed by atoms with E-state index in [2.05, 4.69) is 0 Å². The molecular weight excluding hydrogens is 432 g/mol. The quantitative estimate of drug-likeness (QED) is 0.575. The van der Waals surface area contributed by atoms with Gasteiger partial charge < -0.3 is 10.0 Å². The van der Waals surface area contributed by atoms with E-state index in [0.717, 1.165) is 41.7 Å². The molecule has 0 unspecified atom stereocenters. The molecule has 0 spiro atoms. The van der Waals surface area contributed by atoms with Crippen molar-refractivity contribution in [3.8, 4) is 12.3 Å². The van der Waals surface area contributed by atoms with Crippen LogP contribution in [-0.4, -0.2) is 36.5 Å². The third-order valence-corrected chi connectivity index (χ3v) is 9.44. The van der Waals surface area contributed by atoms with Gasteiger partial charge >= 0.3 is 5.92 Å². The van der Waals surface area contributed by atoms with Crippen molar-refractivity contribution in [1.82, 2.24) is 0 Å². The summed E-state index contributed by atoms with van der Waals surface area (Å²) in [5, 5.41) is 11.2. The summed E-state index contributed by atoms with van der Waals surface area (Å²) in [6, 6.07) is 8.15. The van der Waals surface area contributed by atoms with Crippen molar-refractivity contribution in [3.63, 3.8) is 0 Å². The second kappa shape index (κ2) is 7.78. The number of allylic oxidation sites excluding steroid dienone is 4. The van der Waals surface area contributed by atoms with Gasteiger partial charge in [0.05, 0.1) is 0 Å². The molecule has 0 aromatic heterocycles. The Bertz CT molecular complexity index is 1140. The lowest BCUT2D eigenvalue weighted by Gasteiger charge is -2.52. The van der Waals surface area contributed by atoms with Gasteiger partial charge in [0.15, 0.2) is 5.78 Å². The average Bonchev–Trinajstić information content (AvgIpc) is 3.11.